The van der Waals surface area contributed by atoms with Crippen LogP contribution in [0.4, 0.5) is 11.4 Å². The van der Waals surface area contributed by atoms with Crippen LogP contribution in [0, 0.1) is 10.1 Å². The molecule has 0 atom stereocenters. The number of carbonyl (C=O) groups excluding carboxylic acids is 1. The number of amides is 1. The number of nitrogens with zero attached hydrogens (tertiary/aromatic N) is 2. The number of oxazole rings is 1. The summed E-state index contributed by atoms with van der Waals surface area (Å²) in [6.07, 6.45) is 0.856. The van der Waals surface area contributed by atoms with Gasteiger partial charge in [-0.05, 0) is 61.4 Å². The number of phenolic OH excluding ortho intramolecular Hbond substituents is 1. The van der Waals surface area contributed by atoms with E-state index in [0.717, 1.165) is 18.1 Å². The normalized spacial score (nSPS) is 10.8. The second-order valence-electron chi connectivity index (χ2n) is 7.23. The zero-order chi connectivity index (χ0) is 23.5. The van der Waals surface area contributed by atoms with Gasteiger partial charge in [-0.2, -0.15) is 0 Å². The first-order valence-electron chi connectivity index (χ1n) is 10.3. The molecule has 0 fully saturated rings. The topological polar surface area (TPSA) is 128 Å². The van der Waals surface area contributed by atoms with Crippen molar-refractivity contribution in [3.8, 4) is 23.0 Å². The highest BCUT2D eigenvalue weighted by Gasteiger charge is 2.20. The molecule has 0 unspecified atom stereocenters. The van der Waals surface area contributed by atoms with E-state index in [0.29, 0.717) is 22.4 Å². The van der Waals surface area contributed by atoms with Crippen LogP contribution in [-0.4, -0.2) is 27.5 Å². The van der Waals surface area contributed by atoms with Crippen molar-refractivity contribution in [2.24, 2.45) is 0 Å². The summed E-state index contributed by atoms with van der Waals surface area (Å²) in [5.41, 5.74) is 2.82. The minimum atomic E-state index is -0.600. The number of aryl methyl sites for hydroxylation is 1. The fourth-order valence-corrected chi connectivity index (χ4v) is 3.38. The van der Waals surface area contributed by atoms with E-state index in [9.17, 15) is 20.0 Å². The van der Waals surface area contributed by atoms with Gasteiger partial charge in [0.05, 0.1) is 17.1 Å². The van der Waals surface area contributed by atoms with Gasteiger partial charge in [0.2, 0.25) is 5.89 Å². The maximum Gasteiger partial charge on any atom is 0.311 e. The number of aromatic hydroxyl groups is 1. The molecule has 0 aliphatic rings. The van der Waals surface area contributed by atoms with E-state index in [2.05, 4.69) is 10.3 Å². The molecule has 0 radical (unpaired) electrons. The van der Waals surface area contributed by atoms with Gasteiger partial charge in [0.15, 0.2) is 11.3 Å². The highest BCUT2D eigenvalue weighted by molar-refractivity contribution is 6.05. The number of phenols is 1. The number of benzene rings is 3. The van der Waals surface area contributed by atoms with Crippen molar-refractivity contribution in [2.75, 3.05) is 11.9 Å². The second-order valence-corrected chi connectivity index (χ2v) is 7.23. The van der Waals surface area contributed by atoms with E-state index in [-0.39, 0.29) is 35.2 Å². The van der Waals surface area contributed by atoms with Gasteiger partial charge < -0.3 is 19.6 Å². The van der Waals surface area contributed by atoms with Crippen LogP contribution in [0.5, 0.6) is 11.5 Å². The predicted molar refractivity (Wildman–Crippen MR) is 123 cm³/mol. The molecule has 9 nitrogen and oxygen atoms in total. The summed E-state index contributed by atoms with van der Waals surface area (Å²) in [5.74, 6) is -0.313. The Morgan fingerprint density at radius 1 is 1.15 bits per heavy atom. The number of anilines is 1. The molecule has 0 saturated carbocycles. The molecule has 33 heavy (non-hydrogen) atoms. The molecule has 1 amide bonds. The third-order valence-corrected chi connectivity index (χ3v) is 5.06. The van der Waals surface area contributed by atoms with Gasteiger partial charge in [-0.3, -0.25) is 14.9 Å². The van der Waals surface area contributed by atoms with Gasteiger partial charge in [0, 0.05) is 17.3 Å². The molecule has 1 aromatic heterocycles. The van der Waals surface area contributed by atoms with E-state index in [1.165, 1.54) is 30.3 Å². The van der Waals surface area contributed by atoms with Gasteiger partial charge >= 0.3 is 5.69 Å². The summed E-state index contributed by atoms with van der Waals surface area (Å²) >= 11 is 0. The zero-order valence-corrected chi connectivity index (χ0v) is 18.0. The number of nitrogens with one attached hydrogen (secondary N) is 1. The van der Waals surface area contributed by atoms with Crippen LogP contribution in [0.2, 0.25) is 0 Å². The Morgan fingerprint density at radius 2 is 1.97 bits per heavy atom. The zero-order valence-electron chi connectivity index (χ0n) is 18.0. The number of hydrogen-bond acceptors (Lipinski definition) is 7. The Kier molecular flexibility index (Phi) is 5.95. The minimum absolute atomic E-state index is 0.0630. The Balaban J connectivity index is 1.63. The lowest BCUT2D eigenvalue weighted by Crippen LogP contribution is -2.12. The lowest BCUT2D eigenvalue weighted by molar-refractivity contribution is -0.385. The maximum atomic E-state index is 12.7. The molecule has 0 spiro atoms. The van der Waals surface area contributed by atoms with Crippen LogP contribution in [0.3, 0.4) is 0 Å². The number of aromatic nitrogens is 1. The number of nitro benzene ring substituents is 1. The number of rotatable bonds is 7. The highest BCUT2D eigenvalue weighted by Crippen LogP contribution is 2.34. The van der Waals surface area contributed by atoms with Crippen molar-refractivity contribution in [2.45, 2.75) is 20.3 Å². The van der Waals surface area contributed by atoms with Crippen molar-refractivity contribution in [3.63, 3.8) is 0 Å². The molecule has 2 N–H and O–H groups in total. The van der Waals surface area contributed by atoms with E-state index in [1.54, 1.807) is 6.92 Å². The maximum absolute atomic E-state index is 12.7. The molecule has 0 aliphatic carbocycles. The molecule has 4 aromatic rings. The Labute approximate surface area is 188 Å². The molecule has 0 bridgehead atoms. The standard InChI is InChI=1S/C24H21N3O6/c1-3-14-5-9-21-18(11-14)26-24(33-21)17-13-16(7-8-20(17)28)25-23(29)15-6-10-22(32-4-2)19(12-15)27(30)31/h5-13,28H,3-4H2,1-2H3,(H,25,29). The van der Waals surface area contributed by atoms with E-state index in [4.69, 9.17) is 9.15 Å². The summed E-state index contributed by atoms with van der Waals surface area (Å²) in [4.78, 5) is 27.9. The molecule has 0 saturated heterocycles. The minimum Gasteiger partial charge on any atom is -0.507 e. The van der Waals surface area contributed by atoms with Gasteiger partial charge in [0.25, 0.3) is 5.91 Å². The van der Waals surface area contributed by atoms with Gasteiger partial charge in [-0.15, -0.1) is 0 Å². The van der Waals surface area contributed by atoms with Crippen LogP contribution in [0.15, 0.2) is 59.0 Å². The molecule has 3 aromatic carbocycles. The van der Waals surface area contributed by atoms with Crippen molar-refractivity contribution < 1.29 is 24.0 Å². The second kappa shape index (κ2) is 8.99. The van der Waals surface area contributed by atoms with Crippen LogP contribution in [0.1, 0.15) is 29.8 Å². The first-order valence-corrected chi connectivity index (χ1v) is 10.3. The van der Waals surface area contributed by atoms with Crippen LogP contribution in [-0.2, 0) is 6.42 Å². The Morgan fingerprint density at radius 3 is 2.70 bits per heavy atom. The monoisotopic (exact) mass is 447 g/mol. The first-order chi connectivity index (χ1) is 15.9. The van der Waals surface area contributed by atoms with Gasteiger partial charge in [0.1, 0.15) is 11.3 Å². The first kappa shape index (κ1) is 21.8. The molecule has 4 rings (SSSR count). The number of carbonyl (C=O) groups is 1. The lowest BCUT2D eigenvalue weighted by atomic mass is 10.1. The van der Waals surface area contributed by atoms with Crippen molar-refractivity contribution >= 4 is 28.4 Å². The largest absolute Gasteiger partial charge is 0.507 e. The Hall–Kier alpha value is -4.40. The predicted octanol–water partition coefficient (Wildman–Crippen LogP) is 5.32. The van der Waals surface area contributed by atoms with Crippen LogP contribution < -0.4 is 10.1 Å². The number of fused-ring (bicyclic) bond motifs is 1. The SMILES string of the molecule is CCOc1ccc(C(=O)Nc2ccc(O)c(-c3nc4cc(CC)ccc4o3)c2)cc1[N+](=O)[O-]. The third kappa shape index (κ3) is 4.47. The third-order valence-electron chi connectivity index (χ3n) is 5.06. The molecular formula is C24H21N3O6. The quantitative estimate of drug-likeness (QED) is 0.223. The van der Waals surface area contributed by atoms with E-state index < -0.39 is 10.8 Å². The number of nitro groups is 1. The summed E-state index contributed by atoms with van der Waals surface area (Å²) in [5, 5.41) is 24.4. The summed E-state index contributed by atoms with van der Waals surface area (Å²) in [7, 11) is 0. The molecular weight excluding hydrogens is 426 g/mol. The van der Waals surface area contributed by atoms with Crippen molar-refractivity contribution in [3.05, 3.63) is 75.8 Å². The Bertz CT molecular complexity index is 1360. The van der Waals surface area contributed by atoms with E-state index >= 15 is 0 Å². The highest BCUT2D eigenvalue weighted by atomic mass is 16.6. The smallest absolute Gasteiger partial charge is 0.311 e. The molecule has 1 heterocycles. The average molecular weight is 447 g/mol. The van der Waals surface area contributed by atoms with Gasteiger partial charge in [-0.25, -0.2) is 4.98 Å². The van der Waals surface area contributed by atoms with Crippen LogP contribution >= 0.6 is 0 Å². The summed E-state index contributed by atoms with van der Waals surface area (Å²) < 4.78 is 11.0. The molecule has 0 aliphatic heterocycles. The fraction of sp³-hybridized carbons (Fsp3) is 0.167. The van der Waals surface area contributed by atoms with E-state index in [1.807, 2.05) is 25.1 Å². The summed E-state index contributed by atoms with van der Waals surface area (Å²) in [6.45, 7) is 4.02. The molecule has 9 heteroatoms. The van der Waals surface area contributed by atoms with Crippen LogP contribution in [0.25, 0.3) is 22.6 Å². The fourth-order valence-electron chi connectivity index (χ4n) is 3.38. The van der Waals surface area contributed by atoms with Gasteiger partial charge in [-0.1, -0.05) is 13.0 Å². The number of hydrogen-bond donors (Lipinski definition) is 2. The lowest BCUT2D eigenvalue weighted by Gasteiger charge is -2.09. The van der Waals surface area contributed by atoms with Crippen molar-refractivity contribution in [1.82, 2.24) is 4.98 Å². The van der Waals surface area contributed by atoms with Crippen molar-refractivity contribution in [1.29, 1.82) is 0 Å². The number of ether oxygens (including phenoxy) is 1. The summed E-state index contributed by atoms with van der Waals surface area (Å²) in [6, 6.07) is 14.1. The average Bonchev–Trinajstić information content (AvgIpc) is 3.23. The molecule has 168 valence electrons.